The van der Waals surface area contributed by atoms with E-state index in [0.29, 0.717) is 12.6 Å². The molecule has 0 fully saturated rings. The SMILES string of the molecule is CCNC(=NCc1ccccc1OC)NCC(Cc1ccccc1)N(C)C. The summed E-state index contributed by atoms with van der Waals surface area (Å²) in [6.45, 7) is 4.29. The van der Waals surface area contributed by atoms with Crippen LogP contribution in [0.4, 0.5) is 0 Å². The molecule has 0 amide bonds. The summed E-state index contributed by atoms with van der Waals surface area (Å²) in [7, 11) is 5.93. The van der Waals surface area contributed by atoms with Crippen LogP contribution >= 0.6 is 0 Å². The van der Waals surface area contributed by atoms with Gasteiger partial charge in [0.05, 0.1) is 13.7 Å². The number of likely N-dealkylation sites (N-methyl/N-ethyl adjacent to an activating group) is 1. The highest BCUT2D eigenvalue weighted by molar-refractivity contribution is 5.79. The lowest BCUT2D eigenvalue weighted by atomic mass is 10.1. The number of para-hydroxylation sites is 1. The molecule has 27 heavy (non-hydrogen) atoms. The lowest BCUT2D eigenvalue weighted by molar-refractivity contribution is 0.290. The molecule has 0 aliphatic carbocycles. The van der Waals surface area contributed by atoms with Crippen LogP contribution in [0.3, 0.4) is 0 Å². The van der Waals surface area contributed by atoms with Crippen LogP contribution in [-0.2, 0) is 13.0 Å². The number of hydrogen-bond donors (Lipinski definition) is 2. The first-order valence-electron chi connectivity index (χ1n) is 9.48. The minimum atomic E-state index is 0.377. The molecule has 2 aromatic rings. The molecule has 0 saturated carbocycles. The highest BCUT2D eigenvalue weighted by atomic mass is 16.5. The molecule has 2 rings (SSSR count). The number of rotatable bonds is 9. The van der Waals surface area contributed by atoms with E-state index in [1.165, 1.54) is 5.56 Å². The zero-order chi connectivity index (χ0) is 19.5. The van der Waals surface area contributed by atoms with Crippen LogP contribution in [0.25, 0.3) is 0 Å². The molecule has 0 aliphatic heterocycles. The van der Waals surface area contributed by atoms with E-state index in [-0.39, 0.29) is 0 Å². The normalized spacial score (nSPS) is 12.7. The Bertz CT molecular complexity index is 700. The van der Waals surface area contributed by atoms with Gasteiger partial charge >= 0.3 is 0 Å². The zero-order valence-electron chi connectivity index (χ0n) is 16.9. The second-order valence-corrected chi connectivity index (χ2v) is 6.70. The van der Waals surface area contributed by atoms with Crippen LogP contribution in [-0.4, -0.2) is 51.2 Å². The molecule has 0 aromatic heterocycles. The maximum atomic E-state index is 5.42. The van der Waals surface area contributed by atoms with Gasteiger partial charge in [0.25, 0.3) is 0 Å². The average molecular weight is 369 g/mol. The topological polar surface area (TPSA) is 48.9 Å². The standard InChI is InChI=1S/C22H32N4O/c1-5-23-22(24-16-19-13-9-10-14-21(19)27-4)25-17-20(26(2)3)15-18-11-7-6-8-12-18/h6-14,20H,5,15-17H2,1-4H3,(H2,23,24,25). The summed E-state index contributed by atoms with van der Waals surface area (Å²) in [6, 6.07) is 19.0. The van der Waals surface area contributed by atoms with Crippen molar-refractivity contribution >= 4 is 5.96 Å². The van der Waals surface area contributed by atoms with Gasteiger partial charge in [-0.2, -0.15) is 0 Å². The third-order valence-electron chi connectivity index (χ3n) is 4.49. The second kappa shape index (κ2) is 11.2. The van der Waals surface area contributed by atoms with E-state index in [9.17, 15) is 0 Å². The summed E-state index contributed by atoms with van der Waals surface area (Å²) in [4.78, 5) is 6.98. The van der Waals surface area contributed by atoms with Gasteiger partial charge in [-0.05, 0) is 39.1 Å². The molecule has 0 heterocycles. The first-order chi connectivity index (χ1) is 13.1. The average Bonchev–Trinajstić information content (AvgIpc) is 2.69. The molecule has 146 valence electrons. The Kier molecular flexibility index (Phi) is 8.65. The van der Waals surface area contributed by atoms with E-state index in [1.54, 1.807) is 7.11 Å². The van der Waals surface area contributed by atoms with Crippen molar-refractivity contribution in [3.63, 3.8) is 0 Å². The molecule has 0 saturated heterocycles. The van der Waals surface area contributed by atoms with Crippen LogP contribution in [0.2, 0.25) is 0 Å². The van der Waals surface area contributed by atoms with E-state index in [1.807, 2.05) is 24.3 Å². The predicted octanol–water partition coefficient (Wildman–Crippen LogP) is 2.92. The molecule has 0 radical (unpaired) electrons. The van der Waals surface area contributed by atoms with Crippen molar-refractivity contribution in [2.45, 2.75) is 25.9 Å². The summed E-state index contributed by atoms with van der Waals surface area (Å²) in [6.07, 6.45) is 0.993. The number of guanidine groups is 1. The van der Waals surface area contributed by atoms with Crippen molar-refractivity contribution < 1.29 is 4.74 Å². The summed E-state index contributed by atoms with van der Waals surface area (Å²) in [5.41, 5.74) is 2.42. The van der Waals surface area contributed by atoms with Gasteiger partial charge in [0.15, 0.2) is 5.96 Å². The first kappa shape index (κ1) is 20.8. The Labute approximate surface area is 163 Å². The molecule has 0 bridgehead atoms. The van der Waals surface area contributed by atoms with E-state index in [4.69, 9.17) is 9.73 Å². The van der Waals surface area contributed by atoms with E-state index in [0.717, 1.165) is 36.8 Å². The summed E-state index contributed by atoms with van der Waals surface area (Å²) < 4.78 is 5.42. The summed E-state index contributed by atoms with van der Waals surface area (Å²) in [5.74, 6) is 1.69. The van der Waals surface area contributed by atoms with Crippen molar-refractivity contribution in [1.82, 2.24) is 15.5 Å². The second-order valence-electron chi connectivity index (χ2n) is 6.70. The van der Waals surface area contributed by atoms with Crippen molar-refractivity contribution in [3.05, 3.63) is 65.7 Å². The molecule has 2 aromatic carbocycles. The molecule has 2 N–H and O–H groups in total. The fourth-order valence-corrected chi connectivity index (χ4v) is 2.88. The quantitative estimate of drug-likeness (QED) is 0.528. The fraction of sp³-hybridized carbons (Fsp3) is 0.409. The summed E-state index contributed by atoms with van der Waals surface area (Å²) >= 11 is 0. The van der Waals surface area contributed by atoms with Gasteiger partial charge in [-0.15, -0.1) is 0 Å². The minimum absolute atomic E-state index is 0.377. The maximum absolute atomic E-state index is 5.42. The predicted molar refractivity (Wildman–Crippen MR) is 113 cm³/mol. The van der Waals surface area contributed by atoms with Gasteiger partial charge in [0.1, 0.15) is 5.75 Å². The van der Waals surface area contributed by atoms with Gasteiger partial charge in [0.2, 0.25) is 0 Å². The molecule has 0 aliphatic rings. The van der Waals surface area contributed by atoms with E-state index >= 15 is 0 Å². The van der Waals surface area contributed by atoms with E-state index in [2.05, 4.69) is 66.9 Å². The largest absolute Gasteiger partial charge is 0.496 e. The number of methoxy groups -OCH3 is 1. The van der Waals surface area contributed by atoms with Crippen LogP contribution in [0, 0.1) is 0 Å². The fourth-order valence-electron chi connectivity index (χ4n) is 2.88. The number of benzene rings is 2. The number of aliphatic imine (C=N–C) groups is 1. The zero-order valence-corrected chi connectivity index (χ0v) is 16.9. The Hall–Kier alpha value is -2.53. The highest BCUT2D eigenvalue weighted by Crippen LogP contribution is 2.17. The minimum Gasteiger partial charge on any atom is -0.496 e. The molecule has 0 spiro atoms. The number of ether oxygens (including phenoxy) is 1. The maximum Gasteiger partial charge on any atom is 0.191 e. The first-order valence-corrected chi connectivity index (χ1v) is 9.48. The molecule has 5 nitrogen and oxygen atoms in total. The van der Waals surface area contributed by atoms with Gasteiger partial charge in [-0.25, -0.2) is 4.99 Å². The summed E-state index contributed by atoms with van der Waals surface area (Å²) in [5, 5.41) is 6.81. The van der Waals surface area contributed by atoms with Gasteiger partial charge in [-0.3, -0.25) is 0 Å². The monoisotopic (exact) mass is 368 g/mol. The third kappa shape index (κ3) is 6.94. The molecule has 1 atom stereocenters. The highest BCUT2D eigenvalue weighted by Gasteiger charge is 2.13. The molecular weight excluding hydrogens is 336 g/mol. The third-order valence-corrected chi connectivity index (χ3v) is 4.49. The molecule has 1 unspecified atom stereocenters. The van der Waals surface area contributed by atoms with Crippen LogP contribution in [0.1, 0.15) is 18.1 Å². The Morgan fingerprint density at radius 1 is 1.04 bits per heavy atom. The van der Waals surface area contributed by atoms with Gasteiger partial charge in [0, 0.05) is 24.7 Å². The van der Waals surface area contributed by atoms with E-state index < -0.39 is 0 Å². The molecular formula is C22H32N4O. The van der Waals surface area contributed by atoms with Crippen molar-refractivity contribution in [1.29, 1.82) is 0 Å². The van der Waals surface area contributed by atoms with Crippen molar-refractivity contribution in [2.24, 2.45) is 4.99 Å². The molecule has 5 heteroatoms. The van der Waals surface area contributed by atoms with Crippen LogP contribution in [0.5, 0.6) is 5.75 Å². The number of hydrogen-bond acceptors (Lipinski definition) is 3. The van der Waals surface area contributed by atoms with Crippen molar-refractivity contribution in [3.8, 4) is 5.75 Å². The lowest BCUT2D eigenvalue weighted by Crippen LogP contribution is -2.46. The Morgan fingerprint density at radius 2 is 1.74 bits per heavy atom. The number of nitrogens with one attached hydrogen (secondary N) is 2. The van der Waals surface area contributed by atoms with Crippen LogP contribution < -0.4 is 15.4 Å². The van der Waals surface area contributed by atoms with Gasteiger partial charge in [-0.1, -0.05) is 48.5 Å². The lowest BCUT2D eigenvalue weighted by Gasteiger charge is -2.25. The Morgan fingerprint density at radius 3 is 2.41 bits per heavy atom. The smallest absolute Gasteiger partial charge is 0.191 e. The number of nitrogens with zero attached hydrogens (tertiary/aromatic N) is 2. The van der Waals surface area contributed by atoms with Gasteiger partial charge < -0.3 is 20.3 Å². The van der Waals surface area contributed by atoms with Crippen LogP contribution in [0.15, 0.2) is 59.6 Å². The Balaban J connectivity index is 2.00. The van der Waals surface area contributed by atoms with Crippen molar-refractivity contribution in [2.75, 3.05) is 34.3 Å².